The summed E-state index contributed by atoms with van der Waals surface area (Å²) < 4.78 is 0. The summed E-state index contributed by atoms with van der Waals surface area (Å²) in [6.07, 6.45) is 6.21. The van der Waals surface area contributed by atoms with Gasteiger partial charge in [-0.2, -0.15) is 0 Å². The first-order valence-corrected chi connectivity index (χ1v) is 5.20. The van der Waals surface area contributed by atoms with E-state index in [-0.39, 0.29) is 5.69 Å². The van der Waals surface area contributed by atoms with E-state index in [0.717, 1.165) is 12.8 Å². The van der Waals surface area contributed by atoms with Crippen molar-refractivity contribution in [3.63, 3.8) is 0 Å². The number of aryl methyl sites for hydroxylation is 1. The number of nitrogens with zero attached hydrogens (tertiary/aromatic N) is 2. The number of pyridine rings is 1. The molecule has 16 heavy (non-hydrogen) atoms. The van der Waals surface area contributed by atoms with Crippen LogP contribution in [0.15, 0.2) is 24.3 Å². The second kappa shape index (κ2) is 4.30. The Hall–Kier alpha value is -1.91. The van der Waals surface area contributed by atoms with E-state index in [0.29, 0.717) is 17.6 Å². The fourth-order valence-corrected chi connectivity index (χ4v) is 1.77. The van der Waals surface area contributed by atoms with Crippen LogP contribution in [0.1, 0.15) is 18.5 Å². The first kappa shape index (κ1) is 10.6. The predicted molar refractivity (Wildman–Crippen MR) is 61.4 cm³/mol. The monoisotopic (exact) mass is 219 g/mol. The second-order valence-electron chi connectivity index (χ2n) is 3.84. The Balaban J connectivity index is 2.11. The number of hydrogen-bond donors (Lipinski definition) is 1. The van der Waals surface area contributed by atoms with Gasteiger partial charge in [-0.15, -0.1) is 0 Å². The van der Waals surface area contributed by atoms with Gasteiger partial charge in [0.05, 0.1) is 4.92 Å². The molecule has 1 aromatic rings. The Bertz CT molecular complexity index is 435. The minimum absolute atomic E-state index is 0.0649. The number of nitrogens with one attached hydrogen (secondary N) is 1. The van der Waals surface area contributed by atoms with Crippen molar-refractivity contribution < 1.29 is 4.92 Å². The van der Waals surface area contributed by atoms with Crippen molar-refractivity contribution in [2.24, 2.45) is 0 Å². The lowest BCUT2D eigenvalue weighted by molar-refractivity contribution is -0.385. The zero-order chi connectivity index (χ0) is 11.5. The molecule has 1 aromatic heterocycles. The van der Waals surface area contributed by atoms with Gasteiger partial charge in [-0.25, -0.2) is 4.98 Å². The van der Waals surface area contributed by atoms with Crippen LogP contribution in [-0.2, 0) is 0 Å². The molecule has 84 valence electrons. The topological polar surface area (TPSA) is 68.1 Å². The van der Waals surface area contributed by atoms with Crippen molar-refractivity contribution in [3.8, 4) is 0 Å². The number of nitro groups is 1. The quantitative estimate of drug-likeness (QED) is 0.481. The van der Waals surface area contributed by atoms with Gasteiger partial charge in [-0.1, -0.05) is 12.2 Å². The lowest BCUT2D eigenvalue weighted by Crippen LogP contribution is -2.16. The molecule has 0 saturated heterocycles. The highest BCUT2D eigenvalue weighted by Crippen LogP contribution is 2.20. The van der Waals surface area contributed by atoms with Crippen LogP contribution in [0.5, 0.6) is 0 Å². The van der Waals surface area contributed by atoms with E-state index in [2.05, 4.69) is 22.5 Å². The van der Waals surface area contributed by atoms with Crippen LogP contribution < -0.4 is 5.32 Å². The zero-order valence-electron chi connectivity index (χ0n) is 9.01. The minimum Gasteiger partial charge on any atom is -0.367 e. The van der Waals surface area contributed by atoms with Crippen molar-refractivity contribution in [2.75, 3.05) is 5.32 Å². The van der Waals surface area contributed by atoms with E-state index >= 15 is 0 Å². The van der Waals surface area contributed by atoms with Gasteiger partial charge in [0.25, 0.3) is 5.69 Å². The van der Waals surface area contributed by atoms with Gasteiger partial charge in [0.2, 0.25) is 0 Å². The van der Waals surface area contributed by atoms with Gasteiger partial charge in [0.1, 0.15) is 11.5 Å². The summed E-state index contributed by atoms with van der Waals surface area (Å²) in [5.41, 5.74) is 0.510. The van der Waals surface area contributed by atoms with Gasteiger partial charge in [0.15, 0.2) is 0 Å². The lowest BCUT2D eigenvalue weighted by atomic mass is 10.2. The molecule has 1 aliphatic carbocycles. The number of rotatable bonds is 3. The van der Waals surface area contributed by atoms with E-state index < -0.39 is 4.92 Å². The van der Waals surface area contributed by atoms with Crippen molar-refractivity contribution in [3.05, 3.63) is 40.1 Å². The standard InChI is InChI=1S/C11H13N3O2/c1-8-10(14(15)16)6-7-11(12-8)13-9-4-2-3-5-9/h2-3,6-7,9H,4-5H2,1H3,(H,12,13). The van der Waals surface area contributed by atoms with Crippen molar-refractivity contribution >= 4 is 11.5 Å². The molecule has 0 amide bonds. The molecular weight excluding hydrogens is 206 g/mol. The SMILES string of the molecule is Cc1nc(NC2CC=CC2)ccc1[N+](=O)[O-]. The summed E-state index contributed by atoms with van der Waals surface area (Å²) in [4.78, 5) is 14.4. The number of aromatic nitrogens is 1. The van der Waals surface area contributed by atoms with Crippen LogP contribution in [-0.4, -0.2) is 15.9 Å². The molecule has 0 fully saturated rings. The van der Waals surface area contributed by atoms with Crippen molar-refractivity contribution in [1.82, 2.24) is 4.98 Å². The van der Waals surface area contributed by atoms with Crippen LogP contribution in [0.25, 0.3) is 0 Å². The molecular formula is C11H13N3O2. The molecule has 5 nitrogen and oxygen atoms in total. The number of anilines is 1. The Morgan fingerprint density at radius 3 is 2.69 bits per heavy atom. The van der Waals surface area contributed by atoms with Gasteiger partial charge < -0.3 is 5.32 Å². The third-order valence-corrected chi connectivity index (χ3v) is 2.61. The molecule has 1 N–H and O–H groups in total. The van der Waals surface area contributed by atoms with E-state index in [1.165, 1.54) is 6.07 Å². The molecule has 0 aromatic carbocycles. The minimum atomic E-state index is -0.413. The summed E-state index contributed by atoms with van der Waals surface area (Å²) in [6.45, 7) is 1.65. The predicted octanol–water partition coefficient (Wildman–Crippen LogP) is 2.43. The molecule has 0 spiro atoms. The maximum Gasteiger partial charge on any atom is 0.290 e. The smallest absolute Gasteiger partial charge is 0.290 e. The molecule has 1 aliphatic rings. The molecule has 0 aliphatic heterocycles. The lowest BCUT2D eigenvalue weighted by Gasteiger charge is -2.12. The molecule has 2 rings (SSSR count). The Labute approximate surface area is 93.3 Å². The Morgan fingerprint density at radius 1 is 1.44 bits per heavy atom. The van der Waals surface area contributed by atoms with E-state index in [1.54, 1.807) is 13.0 Å². The van der Waals surface area contributed by atoms with Crippen LogP contribution in [0.2, 0.25) is 0 Å². The average Bonchev–Trinajstić information content (AvgIpc) is 2.70. The molecule has 0 bridgehead atoms. The van der Waals surface area contributed by atoms with E-state index in [4.69, 9.17) is 0 Å². The maximum absolute atomic E-state index is 10.6. The van der Waals surface area contributed by atoms with Gasteiger partial charge in [-0.3, -0.25) is 10.1 Å². The molecule has 0 radical (unpaired) electrons. The first-order chi connectivity index (χ1) is 7.66. The third kappa shape index (κ3) is 2.18. The highest BCUT2D eigenvalue weighted by molar-refractivity contribution is 5.45. The normalized spacial score (nSPS) is 15.3. The van der Waals surface area contributed by atoms with Gasteiger partial charge >= 0.3 is 0 Å². The van der Waals surface area contributed by atoms with Gasteiger partial charge in [0, 0.05) is 12.1 Å². The first-order valence-electron chi connectivity index (χ1n) is 5.20. The molecule has 5 heteroatoms. The Morgan fingerprint density at radius 2 is 2.12 bits per heavy atom. The highest BCUT2D eigenvalue weighted by Gasteiger charge is 2.14. The molecule has 0 atom stereocenters. The van der Waals surface area contributed by atoms with Crippen LogP contribution in [0, 0.1) is 17.0 Å². The van der Waals surface area contributed by atoms with Crippen molar-refractivity contribution in [1.29, 1.82) is 0 Å². The van der Waals surface area contributed by atoms with E-state index in [9.17, 15) is 10.1 Å². The van der Waals surface area contributed by atoms with Gasteiger partial charge in [-0.05, 0) is 25.8 Å². The summed E-state index contributed by atoms with van der Waals surface area (Å²) in [7, 11) is 0. The van der Waals surface area contributed by atoms with Crippen molar-refractivity contribution in [2.45, 2.75) is 25.8 Å². The zero-order valence-corrected chi connectivity index (χ0v) is 9.01. The molecule has 0 unspecified atom stereocenters. The largest absolute Gasteiger partial charge is 0.367 e. The molecule has 0 saturated carbocycles. The number of hydrogen-bond acceptors (Lipinski definition) is 4. The van der Waals surface area contributed by atoms with Crippen LogP contribution in [0.4, 0.5) is 11.5 Å². The fourth-order valence-electron chi connectivity index (χ4n) is 1.77. The molecule has 1 heterocycles. The fraction of sp³-hybridized carbons (Fsp3) is 0.364. The third-order valence-electron chi connectivity index (χ3n) is 2.61. The summed E-state index contributed by atoms with van der Waals surface area (Å²) in [5, 5.41) is 13.9. The van der Waals surface area contributed by atoms with Crippen LogP contribution >= 0.6 is 0 Å². The maximum atomic E-state index is 10.6. The summed E-state index contributed by atoms with van der Waals surface area (Å²) in [6, 6.07) is 3.52. The average molecular weight is 219 g/mol. The van der Waals surface area contributed by atoms with Crippen LogP contribution in [0.3, 0.4) is 0 Å². The second-order valence-corrected chi connectivity index (χ2v) is 3.84. The Kier molecular flexibility index (Phi) is 2.85. The summed E-state index contributed by atoms with van der Waals surface area (Å²) >= 11 is 0. The highest BCUT2D eigenvalue weighted by atomic mass is 16.6. The van der Waals surface area contributed by atoms with E-state index in [1.807, 2.05) is 0 Å². The summed E-state index contributed by atoms with van der Waals surface area (Å²) in [5.74, 6) is 0.705.